The van der Waals surface area contributed by atoms with Gasteiger partial charge in [0.2, 0.25) is 15.9 Å². The molecule has 1 N–H and O–H groups in total. The molecule has 2 aromatic carbocycles. The molecular formula is C31H32Cl2N4O4S. The molecule has 0 spiro atoms. The summed E-state index contributed by atoms with van der Waals surface area (Å²) in [6.45, 7) is 0.342. The number of halogens is 2. The van der Waals surface area contributed by atoms with Crippen LogP contribution >= 0.6 is 23.2 Å². The molecular weight excluding hydrogens is 595 g/mol. The zero-order valence-corrected chi connectivity index (χ0v) is 25.4. The number of nitrogens with zero attached hydrogens (tertiary/aromatic N) is 3. The lowest BCUT2D eigenvalue weighted by atomic mass is 9.49. The number of aromatic nitrogens is 2. The zero-order valence-electron chi connectivity index (χ0n) is 23.1. The van der Waals surface area contributed by atoms with E-state index >= 15 is 0 Å². The highest BCUT2D eigenvalue weighted by atomic mass is 35.5. The summed E-state index contributed by atoms with van der Waals surface area (Å²) < 4.78 is 34.5. The Bertz CT molecular complexity index is 1630. The second kappa shape index (κ2) is 10.8. The van der Waals surface area contributed by atoms with Crippen LogP contribution in [0.4, 0.5) is 5.82 Å². The highest BCUT2D eigenvalue weighted by Gasteiger charge is 2.51. The van der Waals surface area contributed by atoms with Crippen molar-refractivity contribution in [2.45, 2.75) is 62.8 Å². The van der Waals surface area contributed by atoms with Crippen LogP contribution in [0, 0.1) is 23.2 Å². The third-order valence-electron chi connectivity index (χ3n) is 9.50. The fourth-order valence-corrected chi connectivity index (χ4v) is 9.92. The third kappa shape index (κ3) is 5.41. The summed E-state index contributed by atoms with van der Waals surface area (Å²) in [7, 11) is -3.84. The van der Waals surface area contributed by atoms with Crippen molar-refractivity contribution in [3.8, 4) is 11.5 Å². The molecule has 4 aliphatic carbocycles. The molecule has 11 heteroatoms. The number of sulfonamides is 1. The minimum Gasteiger partial charge on any atom is -0.457 e. The summed E-state index contributed by atoms with van der Waals surface area (Å²) in [6.07, 6.45) is 9.87. The number of ether oxygens (including phenoxy) is 1. The van der Waals surface area contributed by atoms with E-state index in [4.69, 9.17) is 27.9 Å². The lowest BCUT2D eigenvalue weighted by molar-refractivity contribution is -0.124. The van der Waals surface area contributed by atoms with Crippen LogP contribution in [0.15, 0.2) is 53.7 Å². The van der Waals surface area contributed by atoms with Crippen molar-refractivity contribution in [2.75, 3.05) is 11.9 Å². The summed E-state index contributed by atoms with van der Waals surface area (Å²) in [4.78, 5) is 22.2. The molecule has 2 heterocycles. The van der Waals surface area contributed by atoms with Gasteiger partial charge in [-0.15, -0.1) is 0 Å². The first-order valence-electron chi connectivity index (χ1n) is 14.5. The molecule has 8 nitrogen and oxygen atoms in total. The second-order valence-corrected chi connectivity index (χ2v) is 15.3. The maximum absolute atomic E-state index is 13.6. The first-order chi connectivity index (χ1) is 20.2. The van der Waals surface area contributed by atoms with E-state index in [2.05, 4.69) is 15.3 Å². The van der Waals surface area contributed by atoms with E-state index in [1.54, 1.807) is 36.4 Å². The van der Waals surface area contributed by atoms with Gasteiger partial charge in [0, 0.05) is 30.7 Å². The fourth-order valence-electron chi connectivity index (χ4n) is 8.19. The lowest BCUT2D eigenvalue weighted by Gasteiger charge is -2.56. The van der Waals surface area contributed by atoms with Crippen LogP contribution in [-0.2, 0) is 27.8 Å². The van der Waals surface area contributed by atoms with E-state index in [1.165, 1.54) is 55.2 Å². The van der Waals surface area contributed by atoms with Gasteiger partial charge in [0.1, 0.15) is 23.6 Å². The van der Waals surface area contributed by atoms with Crippen LogP contribution in [0.3, 0.4) is 0 Å². The van der Waals surface area contributed by atoms with Gasteiger partial charge in [-0.1, -0.05) is 29.3 Å². The van der Waals surface area contributed by atoms with Gasteiger partial charge in [-0.25, -0.2) is 18.4 Å². The van der Waals surface area contributed by atoms with Gasteiger partial charge in [-0.3, -0.25) is 4.79 Å². The van der Waals surface area contributed by atoms with Gasteiger partial charge in [-0.05, 0) is 92.4 Å². The minimum atomic E-state index is -3.84. The second-order valence-electron chi connectivity index (χ2n) is 12.5. The quantitative estimate of drug-likeness (QED) is 0.307. The highest BCUT2D eigenvalue weighted by molar-refractivity contribution is 7.89. The van der Waals surface area contributed by atoms with Gasteiger partial charge in [0.15, 0.2) is 0 Å². The Morgan fingerprint density at radius 1 is 0.976 bits per heavy atom. The number of benzene rings is 2. The number of carbonyl (C=O) groups is 1. The molecule has 0 radical (unpaired) electrons. The fraction of sp³-hybridized carbons (Fsp3) is 0.452. The maximum atomic E-state index is 13.6. The van der Waals surface area contributed by atoms with Crippen molar-refractivity contribution < 1.29 is 17.9 Å². The smallest absolute Gasteiger partial charge is 0.243 e. The van der Waals surface area contributed by atoms with Gasteiger partial charge in [0.05, 0.1) is 27.2 Å². The van der Waals surface area contributed by atoms with Crippen molar-refractivity contribution in [2.24, 2.45) is 23.2 Å². The van der Waals surface area contributed by atoms with E-state index < -0.39 is 10.0 Å². The Morgan fingerprint density at radius 3 is 2.40 bits per heavy atom. The van der Waals surface area contributed by atoms with E-state index in [9.17, 15) is 13.2 Å². The lowest BCUT2D eigenvalue weighted by Crippen LogP contribution is -2.47. The molecule has 8 rings (SSSR count). The van der Waals surface area contributed by atoms with E-state index in [0.717, 1.165) is 23.3 Å². The Labute approximate surface area is 255 Å². The molecule has 220 valence electrons. The predicted molar refractivity (Wildman–Crippen MR) is 160 cm³/mol. The monoisotopic (exact) mass is 626 g/mol. The molecule has 42 heavy (non-hydrogen) atoms. The molecule has 0 atom stereocenters. The SMILES string of the molecule is O=C(CC12CC3CC(CC(C3)C1)C2)Nc1ncnc2c1CCN(S(=O)(=O)c1cccc(Oc3ccc(Cl)c(Cl)c3)c1)C2. The molecule has 1 amide bonds. The number of rotatable bonds is 7. The van der Waals surface area contributed by atoms with Crippen LogP contribution in [0.1, 0.15) is 56.2 Å². The highest BCUT2D eigenvalue weighted by Crippen LogP contribution is 2.61. The molecule has 1 aromatic heterocycles. The molecule has 5 aliphatic rings. The van der Waals surface area contributed by atoms with Crippen LogP contribution < -0.4 is 10.1 Å². The number of hydrogen-bond acceptors (Lipinski definition) is 6. The molecule has 0 unspecified atom stereocenters. The predicted octanol–water partition coefficient (Wildman–Crippen LogP) is 6.87. The van der Waals surface area contributed by atoms with Gasteiger partial charge >= 0.3 is 0 Å². The standard InChI is InChI=1S/C31H32Cl2N4O4S/c32-26-5-4-23(12-27(26)33)41-22-2-1-3-24(11-22)42(39,40)37-7-6-25-28(17-37)34-18-35-30(25)36-29(38)16-31-13-19-8-20(14-31)10-21(9-19)15-31/h1-5,11-12,18-21H,6-10,13-17H2,(H,34,35,36,38). The Kier molecular flexibility index (Phi) is 7.20. The normalized spacial score (nSPS) is 26.6. The minimum absolute atomic E-state index is 0.00620. The maximum Gasteiger partial charge on any atom is 0.243 e. The van der Waals surface area contributed by atoms with Gasteiger partial charge in [-0.2, -0.15) is 4.31 Å². The third-order valence-corrected chi connectivity index (χ3v) is 12.1. The Balaban J connectivity index is 1.04. The number of carbonyl (C=O) groups excluding carboxylic acids is 1. The first-order valence-corrected chi connectivity index (χ1v) is 16.7. The topological polar surface area (TPSA) is 101 Å². The number of fused-ring (bicyclic) bond motifs is 1. The molecule has 4 fully saturated rings. The van der Waals surface area contributed by atoms with Crippen molar-refractivity contribution >= 4 is 45.0 Å². The van der Waals surface area contributed by atoms with E-state index in [1.807, 2.05) is 0 Å². The van der Waals surface area contributed by atoms with Crippen LogP contribution in [-0.4, -0.2) is 35.1 Å². The Morgan fingerprint density at radius 2 is 1.69 bits per heavy atom. The number of nitrogens with one attached hydrogen (secondary N) is 1. The van der Waals surface area contributed by atoms with Crippen LogP contribution in [0.2, 0.25) is 10.0 Å². The molecule has 3 aromatic rings. The molecule has 4 bridgehead atoms. The molecule has 0 saturated heterocycles. The first kappa shape index (κ1) is 28.1. The zero-order chi connectivity index (χ0) is 29.1. The summed E-state index contributed by atoms with van der Waals surface area (Å²) in [6, 6.07) is 11.2. The average Bonchev–Trinajstić information content (AvgIpc) is 2.94. The average molecular weight is 628 g/mol. The molecule has 4 saturated carbocycles. The summed E-state index contributed by atoms with van der Waals surface area (Å²) in [5.41, 5.74) is 1.54. The van der Waals surface area contributed by atoms with Crippen molar-refractivity contribution in [1.29, 1.82) is 0 Å². The molecule has 1 aliphatic heterocycles. The van der Waals surface area contributed by atoms with E-state index in [0.29, 0.717) is 45.9 Å². The van der Waals surface area contributed by atoms with Crippen molar-refractivity contribution in [1.82, 2.24) is 14.3 Å². The number of hydrogen-bond donors (Lipinski definition) is 1. The van der Waals surface area contributed by atoms with Crippen molar-refractivity contribution in [3.63, 3.8) is 0 Å². The van der Waals surface area contributed by atoms with Crippen LogP contribution in [0.5, 0.6) is 11.5 Å². The summed E-state index contributed by atoms with van der Waals surface area (Å²) >= 11 is 12.1. The summed E-state index contributed by atoms with van der Waals surface area (Å²) in [5, 5.41) is 3.82. The largest absolute Gasteiger partial charge is 0.457 e. The van der Waals surface area contributed by atoms with Gasteiger partial charge < -0.3 is 10.1 Å². The number of anilines is 1. The van der Waals surface area contributed by atoms with Crippen molar-refractivity contribution in [3.05, 3.63) is 70.1 Å². The number of amides is 1. The Hall–Kier alpha value is -2.72. The van der Waals surface area contributed by atoms with Gasteiger partial charge in [0.25, 0.3) is 0 Å². The van der Waals surface area contributed by atoms with E-state index in [-0.39, 0.29) is 29.3 Å². The summed E-state index contributed by atoms with van der Waals surface area (Å²) in [5.74, 6) is 3.67. The van der Waals surface area contributed by atoms with Crippen LogP contribution in [0.25, 0.3) is 0 Å².